The molecular weight excluding hydrogens is 518 g/mol. The number of methoxy groups -OCH3 is 1. The number of aromatic nitrogens is 4. The minimum atomic E-state index is -0.175. The van der Waals surface area contributed by atoms with Gasteiger partial charge in [0.1, 0.15) is 17.0 Å². The maximum atomic E-state index is 13.4. The number of nitrogens with one attached hydrogen (secondary N) is 1. The van der Waals surface area contributed by atoms with Gasteiger partial charge in [-0.2, -0.15) is 0 Å². The van der Waals surface area contributed by atoms with Crippen LogP contribution in [0.25, 0.3) is 28.1 Å². The molecule has 0 aromatic carbocycles. The van der Waals surface area contributed by atoms with Gasteiger partial charge in [-0.25, -0.2) is 9.97 Å². The molecule has 0 spiro atoms. The zero-order valence-electron chi connectivity index (χ0n) is 24.2. The summed E-state index contributed by atoms with van der Waals surface area (Å²) in [5.41, 5.74) is 11.8. The number of hydrogen-bond acceptors (Lipinski definition) is 6. The third kappa shape index (κ3) is 5.16. The quantitative estimate of drug-likeness (QED) is 0.386. The van der Waals surface area contributed by atoms with Crippen molar-refractivity contribution in [3.63, 3.8) is 0 Å². The molecular formula is C31H39N7O3. The Kier molecular flexibility index (Phi) is 7.42. The molecule has 6 rings (SSSR count). The van der Waals surface area contributed by atoms with Crippen LogP contribution in [0.15, 0.2) is 30.3 Å². The highest BCUT2D eigenvalue weighted by Gasteiger charge is 2.26. The summed E-state index contributed by atoms with van der Waals surface area (Å²) < 4.78 is 10.0. The largest absolute Gasteiger partial charge is 0.482 e. The van der Waals surface area contributed by atoms with Crippen molar-refractivity contribution in [3.8, 4) is 17.3 Å². The average Bonchev–Trinajstić information content (AvgIpc) is 3.50. The van der Waals surface area contributed by atoms with Crippen LogP contribution in [0.4, 0.5) is 0 Å². The number of aryl methyl sites for hydroxylation is 2. The van der Waals surface area contributed by atoms with Gasteiger partial charge in [0, 0.05) is 49.1 Å². The van der Waals surface area contributed by atoms with E-state index in [4.69, 9.17) is 20.4 Å². The topological polar surface area (TPSA) is 120 Å². The van der Waals surface area contributed by atoms with Crippen LogP contribution in [0.5, 0.6) is 5.88 Å². The fraction of sp³-hybridized carbons (Fsp3) is 0.484. The van der Waals surface area contributed by atoms with E-state index in [0.29, 0.717) is 36.6 Å². The highest BCUT2D eigenvalue weighted by Crippen LogP contribution is 2.33. The molecule has 41 heavy (non-hydrogen) atoms. The van der Waals surface area contributed by atoms with Crippen molar-refractivity contribution in [1.29, 1.82) is 0 Å². The second kappa shape index (κ2) is 11.2. The second-order valence-corrected chi connectivity index (χ2v) is 11.5. The first-order chi connectivity index (χ1) is 19.8. The second-order valence-electron chi connectivity index (χ2n) is 11.5. The van der Waals surface area contributed by atoms with E-state index in [1.54, 1.807) is 13.2 Å². The number of hydrogen-bond donors (Lipinski definition) is 2. The van der Waals surface area contributed by atoms with Crippen molar-refractivity contribution in [2.75, 3.05) is 20.2 Å². The number of nitrogens with two attached hydrogens (primary N) is 1. The van der Waals surface area contributed by atoms with Crippen LogP contribution >= 0.6 is 0 Å². The lowest BCUT2D eigenvalue weighted by molar-refractivity contribution is -0.121. The first kappa shape index (κ1) is 27.3. The van der Waals surface area contributed by atoms with E-state index in [0.717, 1.165) is 78.9 Å². The molecule has 2 bridgehead atoms. The van der Waals surface area contributed by atoms with E-state index in [2.05, 4.69) is 22.0 Å². The van der Waals surface area contributed by atoms with Crippen LogP contribution < -0.4 is 15.8 Å². The molecule has 10 nitrogen and oxygen atoms in total. The van der Waals surface area contributed by atoms with Crippen LogP contribution in [-0.4, -0.2) is 61.9 Å². The molecule has 2 atom stereocenters. The Bertz CT molecular complexity index is 1620. The molecule has 4 aromatic heterocycles. The number of likely N-dealkylation sites (tertiary alicyclic amines) is 1. The Morgan fingerprint density at radius 3 is 2.71 bits per heavy atom. The first-order valence-corrected chi connectivity index (χ1v) is 14.8. The number of ether oxygens (including phenoxy) is 1. The van der Waals surface area contributed by atoms with Crippen LogP contribution in [-0.2, 0) is 11.3 Å². The number of nitrogens with zero attached hydrogens (tertiary/aromatic N) is 5. The number of carbonyl (C=O) groups excluding carboxylic acids is 2. The van der Waals surface area contributed by atoms with Gasteiger partial charge in [-0.15, -0.1) is 0 Å². The van der Waals surface area contributed by atoms with Gasteiger partial charge in [0.05, 0.1) is 30.2 Å². The monoisotopic (exact) mass is 557 g/mol. The van der Waals surface area contributed by atoms with E-state index in [1.807, 2.05) is 35.3 Å². The van der Waals surface area contributed by atoms with Crippen LogP contribution in [0.1, 0.15) is 79.7 Å². The molecule has 2 aliphatic heterocycles. The van der Waals surface area contributed by atoms with Crippen molar-refractivity contribution in [1.82, 2.24) is 29.2 Å². The number of rotatable bonds is 3. The van der Waals surface area contributed by atoms with Gasteiger partial charge < -0.3 is 25.3 Å². The molecule has 4 aromatic rings. The van der Waals surface area contributed by atoms with Crippen molar-refractivity contribution < 1.29 is 14.3 Å². The Hall–Kier alpha value is -3.92. The maximum absolute atomic E-state index is 13.4. The van der Waals surface area contributed by atoms with Crippen molar-refractivity contribution >= 4 is 28.5 Å². The number of piperidine rings is 1. The standard InChI is InChI=1S/C31H39N7O3/c1-19-24-12-11-21-15-25(37(30(21)34-24)14-7-5-4-6-10-27(39)33-19)29-20(2)38-26(35-29)16-22(17-28(38)41-3)31(40)36-13-8-9-23(32)18-36/h11-12,15-17,19,23H,4-10,13-14,18,32H2,1-3H3,(H,33,39)/t19-,23-/m1/s1. The Labute approximate surface area is 239 Å². The zero-order chi connectivity index (χ0) is 28.7. The summed E-state index contributed by atoms with van der Waals surface area (Å²) in [5, 5.41) is 4.13. The molecule has 216 valence electrons. The molecule has 0 radical (unpaired) electrons. The van der Waals surface area contributed by atoms with Gasteiger partial charge in [-0.05, 0) is 63.8 Å². The predicted molar refractivity (Wildman–Crippen MR) is 158 cm³/mol. The number of amides is 2. The molecule has 6 heterocycles. The minimum Gasteiger partial charge on any atom is -0.482 e. The summed E-state index contributed by atoms with van der Waals surface area (Å²) in [4.78, 5) is 37.8. The van der Waals surface area contributed by atoms with Crippen molar-refractivity contribution in [2.45, 2.75) is 77.4 Å². The maximum Gasteiger partial charge on any atom is 0.254 e. The van der Waals surface area contributed by atoms with E-state index in [-0.39, 0.29) is 23.9 Å². The number of carbonyl (C=O) groups is 2. The molecule has 1 saturated heterocycles. The molecule has 2 aliphatic rings. The average molecular weight is 558 g/mol. The number of imidazole rings is 1. The smallest absolute Gasteiger partial charge is 0.254 e. The highest BCUT2D eigenvalue weighted by molar-refractivity contribution is 5.96. The summed E-state index contributed by atoms with van der Waals surface area (Å²) in [6.45, 7) is 6.08. The molecule has 3 N–H and O–H groups in total. The van der Waals surface area contributed by atoms with Crippen molar-refractivity contribution in [3.05, 3.63) is 47.3 Å². The molecule has 2 amide bonds. The van der Waals surface area contributed by atoms with E-state index in [9.17, 15) is 9.59 Å². The van der Waals surface area contributed by atoms with Crippen LogP contribution in [0, 0.1) is 6.92 Å². The van der Waals surface area contributed by atoms with Gasteiger partial charge in [-0.3, -0.25) is 14.0 Å². The fourth-order valence-electron chi connectivity index (χ4n) is 6.27. The summed E-state index contributed by atoms with van der Waals surface area (Å²) in [7, 11) is 1.62. The normalized spacial score (nSPS) is 20.5. The number of pyridine rings is 2. The minimum absolute atomic E-state index is 0.00675. The van der Waals surface area contributed by atoms with Gasteiger partial charge in [0.25, 0.3) is 5.91 Å². The van der Waals surface area contributed by atoms with Gasteiger partial charge in [0.15, 0.2) is 5.88 Å². The summed E-state index contributed by atoms with van der Waals surface area (Å²) in [6.07, 6.45) is 6.29. The lowest BCUT2D eigenvalue weighted by atomic mass is 10.1. The molecule has 0 saturated carbocycles. The third-order valence-corrected chi connectivity index (χ3v) is 8.48. The van der Waals surface area contributed by atoms with E-state index >= 15 is 0 Å². The van der Waals surface area contributed by atoms with Gasteiger partial charge in [0.2, 0.25) is 5.91 Å². The molecule has 0 aliphatic carbocycles. The zero-order valence-corrected chi connectivity index (χ0v) is 24.2. The summed E-state index contributed by atoms with van der Waals surface area (Å²) in [6, 6.07) is 9.69. The first-order valence-electron chi connectivity index (χ1n) is 14.8. The lowest BCUT2D eigenvalue weighted by Gasteiger charge is -2.30. The summed E-state index contributed by atoms with van der Waals surface area (Å²) >= 11 is 0. The molecule has 1 fully saturated rings. The Morgan fingerprint density at radius 2 is 1.90 bits per heavy atom. The van der Waals surface area contributed by atoms with Crippen molar-refractivity contribution in [2.24, 2.45) is 5.73 Å². The van der Waals surface area contributed by atoms with Gasteiger partial charge >= 0.3 is 0 Å². The molecule has 0 unspecified atom stereocenters. The summed E-state index contributed by atoms with van der Waals surface area (Å²) in [5.74, 6) is 0.590. The Morgan fingerprint density at radius 1 is 1.07 bits per heavy atom. The Balaban J connectivity index is 1.45. The molecule has 10 heteroatoms. The van der Waals surface area contributed by atoms with E-state index in [1.165, 1.54) is 0 Å². The third-order valence-electron chi connectivity index (χ3n) is 8.48. The fourth-order valence-corrected chi connectivity index (χ4v) is 6.27. The van der Waals surface area contributed by atoms with E-state index < -0.39 is 0 Å². The van der Waals surface area contributed by atoms with Gasteiger partial charge in [-0.1, -0.05) is 12.8 Å². The predicted octanol–water partition coefficient (Wildman–Crippen LogP) is 4.37. The van der Waals surface area contributed by atoms with Crippen LogP contribution in [0.2, 0.25) is 0 Å². The highest BCUT2D eigenvalue weighted by atomic mass is 16.5. The lowest BCUT2D eigenvalue weighted by Crippen LogP contribution is -2.45. The SMILES string of the molecule is COc1cc(C(=O)N2CCC[C@@H](N)C2)cc2nc(-c3cc4ccc5nc4n3CCCCCCC(=O)N[C@@H]5C)c(C)n12. The van der Waals surface area contributed by atoms with Crippen LogP contribution in [0.3, 0.4) is 0 Å². The number of fused-ring (bicyclic) bond motifs is 2.